The molecule has 0 unspecified atom stereocenters. The molecule has 0 radical (unpaired) electrons. The van der Waals surface area contributed by atoms with Crippen LogP contribution in [0.15, 0.2) is 28.8 Å². The summed E-state index contributed by atoms with van der Waals surface area (Å²) in [6.07, 6.45) is 0. The molecule has 1 N–H and O–H groups in total. The number of ether oxygens (including phenoxy) is 1. The lowest BCUT2D eigenvalue weighted by Crippen LogP contribution is -2.19. The highest BCUT2D eigenvalue weighted by Gasteiger charge is 2.16. The van der Waals surface area contributed by atoms with E-state index in [9.17, 15) is 10.1 Å². The molecular formula is C14H18Cl2N2O3. The molecule has 0 amide bonds. The van der Waals surface area contributed by atoms with Crippen LogP contribution in [0.3, 0.4) is 0 Å². The Balaban J connectivity index is 2.82. The first-order chi connectivity index (χ1) is 9.93. The van der Waals surface area contributed by atoms with Crippen LogP contribution < -0.4 is 10.1 Å². The van der Waals surface area contributed by atoms with Gasteiger partial charge in [-0.2, -0.15) is 0 Å². The van der Waals surface area contributed by atoms with Gasteiger partial charge >= 0.3 is 5.69 Å². The van der Waals surface area contributed by atoms with Crippen LogP contribution in [0.25, 0.3) is 0 Å². The number of nitrogens with one attached hydrogen (secondary N) is 1. The third kappa shape index (κ3) is 6.33. The fraction of sp³-hybridized carbons (Fsp3) is 0.429. The summed E-state index contributed by atoms with van der Waals surface area (Å²) in [4.78, 5) is 10.5. The fourth-order valence-electron chi connectivity index (χ4n) is 1.62. The Morgan fingerprint density at radius 3 is 2.81 bits per heavy atom. The molecule has 1 aromatic rings. The first-order valence-electron chi connectivity index (χ1n) is 6.49. The Morgan fingerprint density at radius 1 is 1.52 bits per heavy atom. The van der Waals surface area contributed by atoms with Gasteiger partial charge in [0.25, 0.3) is 0 Å². The van der Waals surface area contributed by atoms with Crippen molar-refractivity contribution in [2.75, 3.05) is 13.2 Å². The number of benzene rings is 1. The average Bonchev–Trinajstić information content (AvgIpc) is 2.44. The van der Waals surface area contributed by atoms with Crippen molar-refractivity contribution < 1.29 is 9.66 Å². The molecule has 0 bridgehead atoms. The maximum absolute atomic E-state index is 11.0. The molecule has 21 heavy (non-hydrogen) atoms. The van der Waals surface area contributed by atoms with Gasteiger partial charge in [0.15, 0.2) is 5.75 Å². The molecule has 0 saturated heterocycles. The molecule has 1 rings (SSSR count). The van der Waals surface area contributed by atoms with Crippen LogP contribution in [-0.2, 0) is 6.54 Å². The topological polar surface area (TPSA) is 64.4 Å². The van der Waals surface area contributed by atoms with Gasteiger partial charge in [-0.3, -0.25) is 10.1 Å². The lowest BCUT2D eigenvalue weighted by Gasteiger charge is -2.10. The van der Waals surface area contributed by atoms with Gasteiger partial charge in [0, 0.05) is 18.1 Å². The summed E-state index contributed by atoms with van der Waals surface area (Å²) in [5, 5.41) is 14.5. The Morgan fingerprint density at radius 2 is 2.24 bits per heavy atom. The molecule has 116 valence electrons. The minimum absolute atomic E-state index is 0.00519. The highest BCUT2D eigenvalue weighted by molar-refractivity contribution is 6.36. The first kappa shape index (κ1) is 17.8. The minimum Gasteiger partial charge on any atom is -0.481 e. The lowest BCUT2D eigenvalue weighted by atomic mass is 10.1. The number of hydrogen-bond acceptors (Lipinski definition) is 4. The molecule has 1 aromatic carbocycles. The van der Waals surface area contributed by atoms with Crippen molar-refractivity contribution in [3.8, 4) is 5.75 Å². The molecule has 7 heteroatoms. The van der Waals surface area contributed by atoms with Crippen molar-refractivity contribution >= 4 is 28.9 Å². The molecule has 0 aliphatic carbocycles. The molecule has 0 aliphatic heterocycles. The summed E-state index contributed by atoms with van der Waals surface area (Å²) in [6.45, 7) is 5.70. The molecule has 5 nitrogen and oxygen atoms in total. The highest BCUT2D eigenvalue weighted by Crippen LogP contribution is 2.28. The Bertz CT molecular complexity index is 519. The van der Waals surface area contributed by atoms with E-state index in [1.807, 2.05) is 0 Å². The monoisotopic (exact) mass is 332 g/mol. The van der Waals surface area contributed by atoms with Gasteiger partial charge in [-0.15, -0.1) is 0 Å². The van der Waals surface area contributed by atoms with Crippen molar-refractivity contribution in [2.24, 2.45) is 5.92 Å². The van der Waals surface area contributed by atoms with E-state index in [1.165, 1.54) is 11.6 Å². The smallest absolute Gasteiger partial charge is 0.310 e. The molecule has 0 aromatic heterocycles. The van der Waals surface area contributed by atoms with E-state index >= 15 is 0 Å². The van der Waals surface area contributed by atoms with Gasteiger partial charge < -0.3 is 10.1 Å². The van der Waals surface area contributed by atoms with E-state index in [0.29, 0.717) is 12.5 Å². The van der Waals surface area contributed by atoms with E-state index in [0.717, 1.165) is 12.1 Å². The van der Waals surface area contributed by atoms with Crippen molar-refractivity contribution in [3.63, 3.8) is 0 Å². The van der Waals surface area contributed by atoms with Gasteiger partial charge in [-0.05, 0) is 24.1 Å². The second kappa shape index (κ2) is 8.87. The van der Waals surface area contributed by atoms with E-state index in [1.54, 1.807) is 12.1 Å². The van der Waals surface area contributed by atoms with Crippen LogP contribution in [0.4, 0.5) is 5.69 Å². The fourth-order valence-corrected chi connectivity index (χ4v) is 1.74. The van der Waals surface area contributed by atoms with E-state index < -0.39 is 4.92 Å². The van der Waals surface area contributed by atoms with Crippen LogP contribution >= 0.6 is 23.2 Å². The van der Waals surface area contributed by atoms with Gasteiger partial charge in [0.1, 0.15) is 6.61 Å². The molecule has 0 saturated carbocycles. The Hall–Kier alpha value is -1.30. The van der Waals surface area contributed by atoms with Gasteiger partial charge in [0.2, 0.25) is 0 Å². The first-order valence-corrected chi connectivity index (χ1v) is 7.31. The molecule has 0 heterocycles. The van der Waals surface area contributed by atoms with Crippen molar-refractivity contribution in [1.29, 1.82) is 0 Å². The van der Waals surface area contributed by atoms with Crippen molar-refractivity contribution in [1.82, 2.24) is 5.32 Å². The predicted octanol–water partition coefficient (Wildman–Crippen LogP) is 4.04. The molecule has 0 atom stereocenters. The summed E-state index contributed by atoms with van der Waals surface area (Å²) >= 11 is 11.2. The maximum Gasteiger partial charge on any atom is 0.310 e. The maximum atomic E-state index is 11.0. The standard InChI is InChI=1S/C14H18Cl2N2O3/c1-10(2)7-17-8-11-3-4-13(18(19)20)14(5-11)21-9-12(16)6-15/h3-6,10,17H,7-9H2,1-2H3. The number of hydrogen-bond donors (Lipinski definition) is 1. The summed E-state index contributed by atoms with van der Waals surface area (Å²) in [7, 11) is 0. The number of nitrogens with zero attached hydrogens (tertiary/aromatic N) is 1. The molecule has 0 spiro atoms. The van der Waals surface area contributed by atoms with E-state index in [2.05, 4.69) is 19.2 Å². The predicted molar refractivity (Wildman–Crippen MR) is 84.9 cm³/mol. The van der Waals surface area contributed by atoms with Crippen LogP contribution in [0, 0.1) is 16.0 Å². The van der Waals surface area contributed by atoms with Gasteiger partial charge in [-0.25, -0.2) is 0 Å². The summed E-state index contributed by atoms with van der Waals surface area (Å²) in [5.41, 5.74) is 1.98. The quantitative estimate of drug-likeness (QED) is 0.576. The van der Waals surface area contributed by atoms with Gasteiger partial charge in [-0.1, -0.05) is 43.1 Å². The molecule has 0 fully saturated rings. The Kier molecular flexibility index (Phi) is 7.50. The zero-order valence-electron chi connectivity index (χ0n) is 11.9. The van der Waals surface area contributed by atoms with Crippen LogP contribution in [-0.4, -0.2) is 18.1 Å². The number of halogens is 2. The summed E-state index contributed by atoms with van der Waals surface area (Å²) < 4.78 is 5.37. The Labute approximate surface area is 134 Å². The minimum atomic E-state index is -0.487. The SMILES string of the molecule is CC(C)CNCc1ccc([N+](=O)[O-])c(OCC(Cl)=CCl)c1. The lowest BCUT2D eigenvalue weighted by molar-refractivity contribution is -0.385. The summed E-state index contributed by atoms with van der Waals surface area (Å²) in [6, 6.07) is 4.78. The number of rotatable bonds is 8. The third-order valence-electron chi connectivity index (χ3n) is 2.59. The van der Waals surface area contributed by atoms with Crippen LogP contribution in [0.1, 0.15) is 19.4 Å². The zero-order valence-corrected chi connectivity index (χ0v) is 13.4. The molecule has 0 aliphatic rings. The van der Waals surface area contributed by atoms with Crippen molar-refractivity contribution in [3.05, 3.63) is 44.4 Å². The highest BCUT2D eigenvalue weighted by atomic mass is 35.5. The van der Waals surface area contributed by atoms with Crippen LogP contribution in [0.2, 0.25) is 0 Å². The van der Waals surface area contributed by atoms with E-state index in [4.69, 9.17) is 27.9 Å². The largest absolute Gasteiger partial charge is 0.481 e. The van der Waals surface area contributed by atoms with Gasteiger partial charge in [0.05, 0.1) is 9.96 Å². The van der Waals surface area contributed by atoms with E-state index in [-0.39, 0.29) is 23.1 Å². The number of nitro benzene ring substituents is 1. The normalized spacial score (nSPS) is 11.8. The molecular weight excluding hydrogens is 315 g/mol. The summed E-state index contributed by atoms with van der Waals surface area (Å²) in [5.74, 6) is 0.715. The van der Waals surface area contributed by atoms with Crippen LogP contribution in [0.5, 0.6) is 5.75 Å². The number of nitro groups is 1. The zero-order chi connectivity index (χ0) is 15.8. The average molecular weight is 333 g/mol. The second-order valence-electron chi connectivity index (χ2n) is 4.93. The second-order valence-corrected chi connectivity index (χ2v) is 5.63. The third-order valence-corrected chi connectivity index (χ3v) is 3.18. The van der Waals surface area contributed by atoms with Crippen molar-refractivity contribution in [2.45, 2.75) is 20.4 Å².